The van der Waals surface area contributed by atoms with Crippen molar-refractivity contribution < 1.29 is 14.3 Å². The Labute approximate surface area is 111 Å². The van der Waals surface area contributed by atoms with Gasteiger partial charge >= 0.3 is 0 Å². The standard InChI is InChI=1S/C16H14O3/c1-11(18)13-5-8-16(14(9-13)10-17)12-3-6-15(19-2)7-4-12/h3-10H,1-2H3. The predicted molar refractivity (Wildman–Crippen MR) is 73.8 cm³/mol. The molecule has 0 aliphatic heterocycles. The highest BCUT2D eigenvalue weighted by atomic mass is 16.5. The van der Waals surface area contributed by atoms with E-state index in [0.29, 0.717) is 11.1 Å². The molecule has 0 spiro atoms. The fourth-order valence-corrected chi connectivity index (χ4v) is 1.91. The topological polar surface area (TPSA) is 43.4 Å². The lowest BCUT2D eigenvalue weighted by Gasteiger charge is -2.07. The quantitative estimate of drug-likeness (QED) is 0.620. The third kappa shape index (κ3) is 2.71. The van der Waals surface area contributed by atoms with Crippen LogP contribution >= 0.6 is 0 Å². The molecule has 0 aromatic heterocycles. The Bertz CT molecular complexity index is 612. The molecular weight excluding hydrogens is 240 g/mol. The molecule has 0 bridgehead atoms. The molecule has 0 atom stereocenters. The van der Waals surface area contributed by atoms with E-state index < -0.39 is 0 Å². The number of benzene rings is 2. The van der Waals surface area contributed by atoms with Crippen LogP contribution in [0.4, 0.5) is 0 Å². The van der Waals surface area contributed by atoms with E-state index in [-0.39, 0.29) is 5.78 Å². The normalized spacial score (nSPS) is 10.0. The lowest BCUT2D eigenvalue weighted by atomic mass is 9.97. The average molecular weight is 254 g/mol. The number of carbonyl (C=O) groups excluding carboxylic acids is 2. The molecule has 96 valence electrons. The zero-order valence-electron chi connectivity index (χ0n) is 10.8. The summed E-state index contributed by atoms with van der Waals surface area (Å²) in [7, 11) is 1.60. The van der Waals surface area contributed by atoms with Gasteiger partial charge in [0.15, 0.2) is 12.1 Å². The molecule has 0 aliphatic rings. The van der Waals surface area contributed by atoms with Crippen LogP contribution in [0.5, 0.6) is 5.75 Å². The van der Waals surface area contributed by atoms with Gasteiger partial charge in [0.1, 0.15) is 5.75 Å². The Morgan fingerprint density at radius 3 is 2.32 bits per heavy atom. The van der Waals surface area contributed by atoms with Gasteiger partial charge in [-0.15, -0.1) is 0 Å². The molecule has 2 aromatic rings. The number of Topliss-reactive ketones (excluding diaryl/α,β-unsaturated/α-hetero) is 1. The highest BCUT2D eigenvalue weighted by Gasteiger charge is 2.08. The van der Waals surface area contributed by atoms with Crippen LogP contribution in [0.1, 0.15) is 27.6 Å². The zero-order valence-corrected chi connectivity index (χ0v) is 10.8. The van der Waals surface area contributed by atoms with Crippen LogP contribution in [0.15, 0.2) is 42.5 Å². The van der Waals surface area contributed by atoms with Crippen molar-refractivity contribution in [1.29, 1.82) is 0 Å². The molecule has 19 heavy (non-hydrogen) atoms. The number of ketones is 1. The molecule has 0 amide bonds. The zero-order chi connectivity index (χ0) is 13.8. The Hall–Kier alpha value is -2.42. The van der Waals surface area contributed by atoms with Gasteiger partial charge in [0.25, 0.3) is 0 Å². The first kappa shape index (κ1) is 13.0. The first-order chi connectivity index (χ1) is 9.15. The van der Waals surface area contributed by atoms with Gasteiger partial charge in [-0.1, -0.05) is 24.3 Å². The van der Waals surface area contributed by atoms with Gasteiger partial charge < -0.3 is 4.74 Å². The van der Waals surface area contributed by atoms with Gasteiger partial charge in [0, 0.05) is 11.1 Å². The number of aldehydes is 1. The van der Waals surface area contributed by atoms with E-state index in [2.05, 4.69) is 0 Å². The summed E-state index contributed by atoms with van der Waals surface area (Å²) in [5.74, 6) is 0.709. The number of hydrogen-bond acceptors (Lipinski definition) is 3. The molecule has 2 rings (SSSR count). The minimum atomic E-state index is -0.0515. The Morgan fingerprint density at radius 2 is 1.79 bits per heavy atom. The van der Waals surface area contributed by atoms with Crippen molar-refractivity contribution in [1.82, 2.24) is 0 Å². The van der Waals surface area contributed by atoms with Gasteiger partial charge in [-0.25, -0.2) is 0 Å². The number of rotatable bonds is 4. The fourth-order valence-electron chi connectivity index (χ4n) is 1.91. The summed E-state index contributed by atoms with van der Waals surface area (Å²) >= 11 is 0. The molecular formula is C16H14O3. The first-order valence-electron chi connectivity index (χ1n) is 5.90. The average Bonchev–Trinajstić information content (AvgIpc) is 2.46. The minimum Gasteiger partial charge on any atom is -0.497 e. The van der Waals surface area contributed by atoms with Crippen LogP contribution < -0.4 is 4.74 Å². The van der Waals surface area contributed by atoms with E-state index in [1.807, 2.05) is 24.3 Å². The molecule has 3 nitrogen and oxygen atoms in total. The van der Waals surface area contributed by atoms with Crippen molar-refractivity contribution in [3.63, 3.8) is 0 Å². The smallest absolute Gasteiger partial charge is 0.159 e. The Kier molecular flexibility index (Phi) is 3.76. The number of carbonyl (C=O) groups is 2. The van der Waals surface area contributed by atoms with Crippen LogP contribution in [0.2, 0.25) is 0 Å². The summed E-state index contributed by atoms with van der Waals surface area (Å²) in [5.41, 5.74) is 2.78. The maximum atomic E-state index is 11.3. The van der Waals surface area contributed by atoms with E-state index in [9.17, 15) is 9.59 Å². The van der Waals surface area contributed by atoms with Gasteiger partial charge in [-0.3, -0.25) is 9.59 Å². The van der Waals surface area contributed by atoms with Crippen LogP contribution in [-0.4, -0.2) is 19.2 Å². The molecule has 0 saturated heterocycles. The van der Waals surface area contributed by atoms with Crippen molar-refractivity contribution in [3.8, 4) is 16.9 Å². The summed E-state index contributed by atoms with van der Waals surface area (Å²) in [6, 6.07) is 12.6. The van der Waals surface area contributed by atoms with Crippen LogP contribution in [0.3, 0.4) is 0 Å². The SMILES string of the molecule is COc1ccc(-c2ccc(C(C)=O)cc2C=O)cc1. The van der Waals surface area contributed by atoms with Crippen LogP contribution in [-0.2, 0) is 0 Å². The third-order valence-corrected chi connectivity index (χ3v) is 2.99. The maximum absolute atomic E-state index is 11.3. The summed E-state index contributed by atoms with van der Waals surface area (Å²) in [6.45, 7) is 1.48. The van der Waals surface area contributed by atoms with Crippen molar-refractivity contribution in [2.45, 2.75) is 6.92 Å². The Balaban J connectivity index is 2.48. The lowest BCUT2D eigenvalue weighted by Crippen LogP contribution is -1.96. The molecule has 0 N–H and O–H groups in total. The highest BCUT2D eigenvalue weighted by molar-refractivity contribution is 5.98. The molecule has 3 heteroatoms. The maximum Gasteiger partial charge on any atom is 0.159 e. The number of ether oxygens (including phenoxy) is 1. The second-order valence-electron chi connectivity index (χ2n) is 4.20. The first-order valence-corrected chi connectivity index (χ1v) is 5.90. The summed E-state index contributed by atoms with van der Waals surface area (Å²) in [4.78, 5) is 22.5. The Morgan fingerprint density at radius 1 is 1.11 bits per heavy atom. The predicted octanol–water partition coefficient (Wildman–Crippen LogP) is 3.38. The highest BCUT2D eigenvalue weighted by Crippen LogP contribution is 2.26. The second-order valence-corrected chi connectivity index (χ2v) is 4.20. The van der Waals surface area contributed by atoms with Crippen LogP contribution in [0.25, 0.3) is 11.1 Å². The molecule has 0 aliphatic carbocycles. The molecule has 0 unspecified atom stereocenters. The van der Waals surface area contributed by atoms with Crippen LogP contribution in [0, 0.1) is 0 Å². The van der Waals surface area contributed by atoms with E-state index in [1.165, 1.54) is 6.92 Å². The molecule has 0 radical (unpaired) electrons. The molecule has 0 heterocycles. The fraction of sp³-hybridized carbons (Fsp3) is 0.125. The third-order valence-electron chi connectivity index (χ3n) is 2.99. The molecule has 2 aromatic carbocycles. The molecule has 0 fully saturated rings. The summed E-state index contributed by atoms with van der Waals surface area (Å²) in [6.07, 6.45) is 0.770. The van der Waals surface area contributed by atoms with Gasteiger partial charge in [0.2, 0.25) is 0 Å². The van der Waals surface area contributed by atoms with E-state index in [1.54, 1.807) is 25.3 Å². The minimum absolute atomic E-state index is 0.0515. The van der Waals surface area contributed by atoms with Crippen molar-refractivity contribution in [3.05, 3.63) is 53.6 Å². The summed E-state index contributed by atoms with van der Waals surface area (Å²) < 4.78 is 5.10. The van der Waals surface area contributed by atoms with Crippen molar-refractivity contribution in [2.75, 3.05) is 7.11 Å². The monoisotopic (exact) mass is 254 g/mol. The summed E-state index contributed by atoms with van der Waals surface area (Å²) in [5, 5.41) is 0. The van der Waals surface area contributed by atoms with Crippen molar-refractivity contribution >= 4 is 12.1 Å². The van der Waals surface area contributed by atoms with E-state index in [4.69, 9.17) is 4.74 Å². The number of methoxy groups -OCH3 is 1. The largest absolute Gasteiger partial charge is 0.497 e. The molecule has 0 saturated carbocycles. The van der Waals surface area contributed by atoms with Gasteiger partial charge in [-0.05, 0) is 36.2 Å². The second kappa shape index (κ2) is 5.48. The van der Waals surface area contributed by atoms with Gasteiger partial charge in [0.05, 0.1) is 7.11 Å². The van der Waals surface area contributed by atoms with Crippen molar-refractivity contribution in [2.24, 2.45) is 0 Å². The number of hydrogen-bond donors (Lipinski definition) is 0. The van der Waals surface area contributed by atoms with Gasteiger partial charge in [-0.2, -0.15) is 0 Å². The van der Waals surface area contributed by atoms with E-state index >= 15 is 0 Å². The lowest BCUT2D eigenvalue weighted by molar-refractivity contribution is 0.101. The van der Waals surface area contributed by atoms with E-state index in [0.717, 1.165) is 23.2 Å².